The van der Waals surface area contributed by atoms with E-state index in [1.165, 1.54) is 0 Å². The van der Waals surface area contributed by atoms with Gasteiger partial charge in [0.15, 0.2) is 5.69 Å². The van der Waals surface area contributed by atoms with E-state index >= 15 is 0 Å². The van der Waals surface area contributed by atoms with Crippen LogP contribution >= 0.6 is 11.7 Å². The molecule has 0 spiro atoms. The summed E-state index contributed by atoms with van der Waals surface area (Å²) in [6.07, 6.45) is -7.82. The monoisotopic (exact) mass is 407 g/mol. The Morgan fingerprint density at radius 3 is 2.50 bits per heavy atom. The summed E-state index contributed by atoms with van der Waals surface area (Å²) in [5, 5.41) is 0. The van der Waals surface area contributed by atoms with Crippen molar-refractivity contribution in [2.75, 3.05) is 6.54 Å². The van der Waals surface area contributed by atoms with Crippen molar-refractivity contribution >= 4 is 17.3 Å². The number of alkyl halides is 7. The number of aromatic nitrogens is 2. The highest BCUT2D eigenvalue weighted by Crippen LogP contribution is 2.46. The van der Waals surface area contributed by atoms with E-state index in [0.29, 0.717) is 24.6 Å². The molecule has 1 aromatic rings. The van der Waals surface area contributed by atoms with Gasteiger partial charge in [-0.25, -0.2) is 0 Å². The molecule has 0 N–H and O–H groups in total. The van der Waals surface area contributed by atoms with E-state index in [-0.39, 0.29) is 12.8 Å². The quantitative estimate of drug-likeness (QED) is 0.350. The molecule has 2 heterocycles. The van der Waals surface area contributed by atoms with Gasteiger partial charge in [0.2, 0.25) is 0 Å². The molecule has 0 aliphatic carbocycles. The van der Waals surface area contributed by atoms with Crippen LogP contribution in [-0.4, -0.2) is 38.6 Å². The molecule has 148 valence electrons. The smallest absolute Gasteiger partial charge is 0.411 e. The van der Waals surface area contributed by atoms with Crippen LogP contribution in [0.1, 0.15) is 44.7 Å². The topological polar surface area (TPSA) is 38.3 Å². The maximum absolute atomic E-state index is 14.3. The molecule has 0 saturated carbocycles. The Bertz CT molecular complexity index is 645. The number of nitrogens with zero attached hydrogens (tertiary/aromatic N) is 3. The number of unbranched alkanes of at least 4 members (excludes halogenated alkanes) is 2. The predicted octanol–water partition coefficient (Wildman–Crippen LogP) is 5.29. The fourth-order valence-corrected chi connectivity index (χ4v) is 2.95. The normalized spacial score (nSPS) is 18.7. The van der Waals surface area contributed by atoms with Crippen LogP contribution in [0.15, 0.2) is 6.08 Å². The predicted molar refractivity (Wildman–Crippen MR) is 79.9 cm³/mol. The lowest BCUT2D eigenvalue weighted by molar-refractivity contribution is -0.315. The molecule has 0 fully saturated rings. The Morgan fingerprint density at radius 2 is 1.88 bits per heavy atom. The van der Waals surface area contributed by atoms with Gasteiger partial charge in [0.05, 0.1) is 23.7 Å². The van der Waals surface area contributed by atoms with Crippen molar-refractivity contribution in [2.24, 2.45) is 0 Å². The molecule has 0 bridgehead atoms. The molecule has 0 radical (unpaired) electrons. The van der Waals surface area contributed by atoms with Crippen molar-refractivity contribution in [3.63, 3.8) is 0 Å². The molecule has 26 heavy (non-hydrogen) atoms. The Hall–Kier alpha value is -1.43. The number of hydrogen-bond acceptors (Lipinski definition) is 5. The molecule has 0 amide bonds. The van der Waals surface area contributed by atoms with Gasteiger partial charge in [-0.1, -0.05) is 25.8 Å². The SMILES string of the molecule is CCCCCC(F)(F)Oc1nsnc1C1=CCCN(C(F)(F)F)C1(F)F. The van der Waals surface area contributed by atoms with Crippen LogP contribution in [0.4, 0.5) is 30.7 Å². The molecule has 0 aromatic carbocycles. The van der Waals surface area contributed by atoms with E-state index in [0.717, 1.165) is 6.08 Å². The van der Waals surface area contributed by atoms with Crippen molar-refractivity contribution in [3.8, 4) is 5.88 Å². The first kappa shape index (κ1) is 20.9. The summed E-state index contributed by atoms with van der Waals surface area (Å²) in [4.78, 5) is -0.960. The second-order valence-electron chi connectivity index (χ2n) is 5.68. The maximum Gasteiger partial charge on any atom is 0.464 e. The van der Waals surface area contributed by atoms with Gasteiger partial charge in [0.25, 0.3) is 5.88 Å². The van der Waals surface area contributed by atoms with Gasteiger partial charge in [-0.05, 0) is 12.8 Å². The molecule has 12 heteroatoms. The van der Waals surface area contributed by atoms with Crippen LogP contribution in [0, 0.1) is 0 Å². The summed E-state index contributed by atoms with van der Waals surface area (Å²) < 4.78 is 106. The highest BCUT2D eigenvalue weighted by Gasteiger charge is 2.57. The number of halogens is 7. The number of ether oxygens (including phenoxy) is 1. The highest BCUT2D eigenvalue weighted by atomic mass is 32.1. The zero-order valence-electron chi connectivity index (χ0n) is 13.6. The van der Waals surface area contributed by atoms with Crippen LogP contribution in [0.3, 0.4) is 0 Å². The third-order valence-corrected chi connectivity index (χ3v) is 4.21. The van der Waals surface area contributed by atoms with Crippen LogP contribution in [0.2, 0.25) is 0 Å². The van der Waals surface area contributed by atoms with E-state index in [2.05, 4.69) is 13.5 Å². The maximum atomic E-state index is 14.3. The van der Waals surface area contributed by atoms with Gasteiger partial charge >= 0.3 is 18.5 Å². The fourth-order valence-electron chi connectivity index (χ4n) is 2.46. The molecule has 0 unspecified atom stereocenters. The highest BCUT2D eigenvalue weighted by molar-refractivity contribution is 6.99. The van der Waals surface area contributed by atoms with Gasteiger partial charge < -0.3 is 4.74 Å². The average Bonchev–Trinajstić information content (AvgIpc) is 2.92. The molecular formula is C14H16F7N3OS. The minimum atomic E-state index is -5.29. The minimum absolute atomic E-state index is 0.136. The lowest BCUT2D eigenvalue weighted by Gasteiger charge is -2.36. The van der Waals surface area contributed by atoms with Gasteiger partial charge in [-0.2, -0.15) is 35.1 Å². The van der Waals surface area contributed by atoms with E-state index in [4.69, 9.17) is 0 Å². The Morgan fingerprint density at radius 1 is 1.19 bits per heavy atom. The zero-order valence-corrected chi connectivity index (χ0v) is 14.4. The molecular weight excluding hydrogens is 391 g/mol. The van der Waals surface area contributed by atoms with Gasteiger partial charge in [0, 0.05) is 6.54 Å². The summed E-state index contributed by atoms with van der Waals surface area (Å²) in [7, 11) is 0. The number of rotatable bonds is 7. The first-order valence-corrected chi connectivity index (χ1v) is 8.54. The second kappa shape index (κ2) is 7.67. The molecule has 2 rings (SSSR count). The summed E-state index contributed by atoms with van der Waals surface area (Å²) in [5.74, 6) is -0.897. The standard InChI is InChI=1S/C14H16F7N3OS/c1-2-3-4-7-12(15,16)25-11-10(22-26-23-11)9-6-5-8-24(13(9,17)18)14(19,20)21/h6H,2-5,7-8H2,1H3. The first-order chi connectivity index (χ1) is 12.0. The molecule has 0 atom stereocenters. The fraction of sp³-hybridized carbons (Fsp3) is 0.714. The molecule has 0 saturated heterocycles. The molecule has 1 aliphatic heterocycles. The van der Waals surface area contributed by atoms with Crippen LogP contribution in [0.5, 0.6) is 5.88 Å². The summed E-state index contributed by atoms with van der Waals surface area (Å²) in [5.41, 5.74) is -1.95. The van der Waals surface area contributed by atoms with Crippen molar-refractivity contribution in [1.29, 1.82) is 0 Å². The van der Waals surface area contributed by atoms with Crippen molar-refractivity contribution in [2.45, 2.75) is 57.5 Å². The minimum Gasteiger partial charge on any atom is -0.411 e. The van der Waals surface area contributed by atoms with E-state index in [1.54, 1.807) is 0 Å². The Labute approximate surface area is 149 Å². The van der Waals surface area contributed by atoms with Crippen molar-refractivity contribution in [3.05, 3.63) is 11.8 Å². The van der Waals surface area contributed by atoms with Gasteiger partial charge in [-0.15, -0.1) is 9.27 Å². The third-order valence-electron chi connectivity index (χ3n) is 3.70. The van der Waals surface area contributed by atoms with Gasteiger partial charge in [-0.3, -0.25) is 0 Å². The largest absolute Gasteiger partial charge is 0.464 e. The second-order valence-corrected chi connectivity index (χ2v) is 6.21. The Balaban J connectivity index is 2.25. The average molecular weight is 407 g/mol. The lowest BCUT2D eigenvalue weighted by atomic mass is 10.0. The molecule has 1 aromatic heterocycles. The van der Waals surface area contributed by atoms with E-state index < -0.39 is 53.5 Å². The van der Waals surface area contributed by atoms with Crippen LogP contribution < -0.4 is 4.74 Å². The van der Waals surface area contributed by atoms with Crippen molar-refractivity contribution < 1.29 is 35.5 Å². The van der Waals surface area contributed by atoms with Crippen LogP contribution in [-0.2, 0) is 0 Å². The Kier molecular flexibility index (Phi) is 6.16. The van der Waals surface area contributed by atoms with Gasteiger partial charge in [0.1, 0.15) is 0 Å². The third kappa shape index (κ3) is 4.64. The molecule has 1 aliphatic rings. The summed E-state index contributed by atoms with van der Waals surface area (Å²) in [6, 6.07) is -4.47. The van der Waals surface area contributed by atoms with E-state index in [9.17, 15) is 30.7 Å². The van der Waals surface area contributed by atoms with E-state index in [1.807, 2.05) is 6.92 Å². The number of hydrogen-bond donors (Lipinski definition) is 0. The van der Waals surface area contributed by atoms with Crippen LogP contribution in [0.25, 0.3) is 5.57 Å². The summed E-state index contributed by atoms with van der Waals surface area (Å²) >= 11 is 0.306. The van der Waals surface area contributed by atoms with Crippen molar-refractivity contribution in [1.82, 2.24) is 13.6 Å². The summed E-state index contributed by atoms with van der Waals surface area (Å²) in [6.45, 7) is 0.854. The zero-order chi connectivity index (χ0) is 19.6. The first-order valence-electron chi connectivity index (χ1n) is 7.81. The molecule has 4 nitrogen and oxygen atoms in total. The lowest BCUT2D eigenvalue weighted by Crippen LogP contribution is -2.53.